The summed E-state index contributed by atoms with van der Waals surface area (Å²) in [5, 5.41) is 7.21. The molecule has 0 fully saturated rings. The fourth-order valence-corrected chi connectivity index (χ4v) is 5.64. The molecule has 0 atom stereocenters. The summed E-state index contributed by atoms with van der Waals surface area (Å²) in [6.07, 6.45) is 6.38. The van der Waals surface area contributed by atoms with Gasteiger partial charge in [0.1, 0.15) is 5.76 Å². The van der Waals surface area contributed by atoms with Crippen LogP contribution in [0.2, 0.25) is 0 Å². The number of nitrogens with one attached hydrogen (secondary N) is 2. The molecule has 0 amide bonds. The minimum absolute atomic E-state index is 0.0406. The first-order valence-corrected chi connectivity index (χ1v) is 12.4. The van der Waals surface area contributed by atoms with Crippen LogP contribution < -0.4 is 4.72 Å². The van der Waals surface area contributed by atoms with Crippen LogP contribution in [-0.2, 0) is 22.9 Å². The van der Waals surface area contributed by atoms with Crippen molar-refractivity contribution in [3.63, 3.8) is 0 Å². The third-order valence-electron chi connectivity index (χ3n) is 5.20. The number of benzene rings is 1. The predicted molar refractivity (Wildman–Crippen MR) is 121 cm³/mol. The lowest BCUT2D eigenvalue weighted by Gasteiger charge is -2.12. The van der Waals surface area contributed by atoms with Gasteiger partial charge in [-0.3, -0.25) is 9.82 Å². The fourth-order valence-electron chi connectivity index (χ4n) is 3.56. The number of aryl methyl sites for hydroxylation is 4. The van der Waals surface area contributed by atoms with Gasteiger partial charge in [0.15, 0.2) is 0 Å². The van der Waals surface area contributed by atoms with Crippen molar-refractivity contribution in [3.8, 4) is 0 Å². The van der Waals surface area contributed by atoms with Crippen LogP contribution in [0.5, 0.6) is 0 Å². The van der Waals surface area contributed by atoms with Gasteiger partial charge in [0, 0.05) is 22.4 Å². The third-order valence-corrected chi connectivity index (χ3v) is 7.50. The van der Waals surface area contributed by atoms with Crippen molar-refractivity contribution in [3.05, 3.63) is 64.2 Å². The molecule has 8 heteroatoms. The molecule has 2 aromatic heterocycles. The molecule has 0 spiro atoms. The molecule has 1 aromatic carbocycles. The summed E-state index contributed by atoms with van der Waals surface area (Å²) in [6, 6.07) is 7.44. The van der Waals surface area contributed by atoms with E-state index in [-0.39, 0.29) is 5.09 Å². The van der Waals surface area contributed by atoms with E-state index in [2.05, 4.69) is 14.9 Å². The molecule has 2 heterocycles. The van der Waals surface area contributed by atoms with E-state index < -0.39 is 10.0 Å². The van der Waals surface area contributed by atoms with Gasteiger partial charge in [-0.25, -0.2) is 0 Å². The van der Waals surface area contributed by atoms with Gasteiger partial charge >= 0.3 is 0 Å². The van der Waals surface area contributed by atoms with Crippen molar-refractivity contribution in [2.75, 3.05) is 10.5 Å². The van der Waals surface area contributed by atoms with Crippen LogP contribution in [0.3, 0.4) is 0 Å². The number of hydrogen-bond donors (Lipinski definition) is 2. The van der Waals surface area contributed by atoms with E-state index in [0.29, 0.717) is 11.4 Å². The lowest BCUT2D eigenvalue weighted by atomic mass is 10.1. The summed E-state index contributed by atoms with van der Waals surface area (Å²) in [5.74, 6) is 1.45. The molecule has 4 rings (SSSR count). The zero-order valence-corrected chi connectivity index (χ0v) is 18.9. The Labute approximate surface area is 181 Å². The highest BCUT2D eigenvalue weighted by molar-refractivity contribution is 7.99. The van der Waals surface area contributed by atoms with Gasteiger partial charge in [0.2, 0.25) is 5.09 Å². The van der Waals surface area contributed by atoms with Crippen molar-refractivity contribution >= 4 is 33.5 Å². The van der Waals surface area contributed by atoms with E-state index in [0.717, 1.165) is 52.4 Å². The van der Waals surface area contributed by atoms with Gasteiger partial charge in [-0.05, 0) is 74.9 Å². The fraction of sp³-hybridized carbons (Fsp3) is 0.318. The van der Waals surface area contributed by atoms with Crippen LogP contribution in [0.15, 0.2) is 44.7 Å². The van der Waals surface area contributed by atoms with E-state index in [1.807, 2.05) is 51.1 Å². The third kappa shape index (κ3) is 4.34. The van der Waals surface area contributed by atoms with E-state index >= 15 is 0 Å². The molecule has 30 heavy (non-hydrogen) atoms. The number of furan rings is 1. The Kier molecular flexibility index (Phi) is 5.79. The Morgan fingerprint density at radius 3 is 2.80 bits per heavy atom. The number of allylic oxidation sites excluding steroid dienone is 1. The predicted octanol–water partition coefficient (Wildman–Crippen LogP) is 5.02. The molecule has 1 aliphatic carbocycles. The van der Waals surface area contributed by atoms with E-state index in [4.69, 9.17) is 4.42 Å². The second-order valence-electron chi connectivity index (χ2n) is 7.51. The van der Waals surface area contributed by atoms with Gasteiger partial charge in [0.25, 0.3) is 10.0 Å². The molecular formula is C22H25N3O3S2. The molecule has 3 aromatic rings. The summed E-state index contributed by atoms with van der Waals surface area (Å²) in [5.41, 5.74) is 5.79. The number of anilines is 1. The molecule has 158 valence electrons. The van der Waals surface area contributed by atoms with Gasteiger partial charge in [0.05, 0.1) is 11.4 Å². The van der Waals surface area contributed by atoms with Crippen LogP contribution in [-0.4, -0.2) is 24.4 Å². The van der Waals surface area contributed by atoms with Crippen LogP contribution >= 0.6 is 11.8 Å². The minimum atomic E-state index is -3.81. The maximum absolute atomic E-state index is 13.0. The maximum atomic E-state index is 13.0. The average molecular weight is 444 g/mol. The number of aromatic amines is 1. The molecule has 0 saturated carbocycles. The molecule has 0 saturated heterocycles. The number of thioether (sulfide) groups is 1. The number of aromatic nitrogens is 2. The second-order valence-corrected chi connectivity index (χ2v) is 10.3. The second kappa shape index (κ2) is 8.35. The Morgan fingerprint density at radius 1 is 1.23 bits per heavy atom. The maximum Gasteiger partial charge on any atom is 0.295 e. The summed E-state index contributed by atoms with van der Waals surface area (Å²) in [4.78, 5) is 0.888. The molecule has 0 radical (unpaired) electrons. The summed E-state index contributed by atoms with van der Waals surface area (Å²) in [6.45, 7) is 5.96. The lowest BCUT2D eigenvalue weighted by molar-refractivity contribution is 0.443. The normalized spacial score (nSPS) is 13.4. The number of H-pyrrole nitrogens is 1. The monoisotopic (exact) mass is 443 g/mol. The Hall–Kier alpha value is -2.45. The number of sulfonamides is 1. The van der Waals surface area contributed by atoms with Gasteiger partial charge in [-0.1, -0.05) is 12.1 Å². The zero-order valence-electron chi connectivity index (χ0n) is 17.3. The SMILES string of the molecule is Cc1ccc(SCCc2c(C)n[nH]c2C)c(NS(=O)(=O)c2cc3c(o2)C=CCC3)c1. The summed E-state index contributed by atoms with van der Waals surface area (Å²) < 4.78 is 34.3. The highest BCUT2D eigenvalue weighted by Crippen LogP contribution is 2.32. The number of rotatable bonds is 7. The van der Waals surface area contributed by atoms with Gasteiger partial charge < -0.3 is 4.42 Å². The molecule has 2 N–H and O–H groups in total. The molecular weight excluding hydrogens is 418 g/mol. The van der Waals surface area contributed by atoms with Crippen LogP contribution in [0, 0.1) is 20.8 Å². The van der Waals surface area contributed by atoms with Crippen LogP contribution in [0.25, 0.3) is 6.08 Å². The first-order valence-electron chi connectivity index (χ1n) is 9.89. The smallest absolute Gasteiger partial charge is 0.295 e. The quantitative estimate of drug-likeness (QED) is 0.501. The largest absolute Gasteiger partial charge is 0.443 e. The topological polar surface area (TPSA) is 88.0 Å². The molecule has 1 aliphatic rings. The van der Waals surface area contributed by atoms with Crippen LogP contribution in [0.4, 0.5) is 5.69 Å². The first kappa shape index (κ1) is 20.8. The molecule has 0 unspecified atom stereocenters. The number of nitrogens with zero attached hydrogens (tertiary/aromatic N) is 1. The van der Waals surface area contributed by atoms with Crippen molar-refractivity contribution in [2.24, 2.45) is 0 Å². The zero-order chi connectivity index (χ0) is 21.3. The van der Waals surface area contributed by atoms with Crippen molar-refractivity contribution in [1.29, 1.82) is 0 Å². The molecule has 0 aliphatic heterocycles. The van der Waals surface area contributed by atoms with Crippen LogP contribution in [0.1, 0.15) is 40.3 Å². The van der Waals surface area contributed by atoms with Crippen molar-refractivity contribution in [1.82, 2.24) is 10.2 Å². The Balaban J connectivity index is 1.53. The highest BCUT2D eigenvalue weighted by Gasteiger charge is 2.23. The average Bonchev–Trinajstić information content (AvgIpc) is 3.28. The van der Waals surface area contributed by atoms with E-state index in [9.17, 15) is 8.42 Å². The van der Waals surface area contributed by atoms with Crippen molar-refractivity contribution in [2.45, 2.75) is 50.0 Å². The summed E-state index contributed by atoms with van der Waals surface area (Å²) in [7, 11) is -3.81. The molecule has 6 nitrogen and oxygen atoms in total. The van der Waals surface area contributed by atoms with E-state index in [1.165, 1.54) is 5.56 Å². The highest BCUT2D eigenvalue weighted by atomic mass is 32.2. The van der Waals surface area contributed by atoms with E-state index in [1.54, 1.807) is 17.8 Å². The number of hydrogen-bond acceptors (Lipinski definition) is 5. The van der Waals surface area contributed by atoms with Gasteiger partial charge in [-0.15, -0.1) is 11.8 Å². The Morgan fingerprint density at radius 2 is 2.07 bits per heavy atom. The minimum Gasteiger partial charge on any atom is -0.443 e. The summed E-state index contributed by atoms with van der Waals surface area (Å²) >= 11 is 1.62. The van der Waals surface area contributed by atoms with Crippen molar-refractivity contribution < 1.29 is 12.8 Å². The Bertz CT molecular complexity index is 1190. The standard InChI is InChI=1S/C22H25N3O3S2/c1-14-8-9-21(29-11-10-18-15(2)23-24-16(18)3)19(12-14)25-30(26,27)22-13-17-6-4-5-7-20(17)28-22/h5,7-9,12-13,25H,4,6,10-11H2,1-3H3,(H,23,24). The lowest BCUT2D eigenvalue weighted by Crippen LogP contribution is -2.13. The molecule has 0 bridgehead atoms. The van der Waals surface area contributed by atoms with Gasteiger partial charge in [-0.2, -0.15) is 13.5 Å². The number of fused-ring (bicyclic) bond motifs is 1. The first-order chi connectivity index (χ1) is 14.3.